The van der Waals surface area contributed by atoms with Crippen LogP contribution in [0.2, 0.25) is 0 Å². The van der Waals surface area contributed by atoms with Crippen molar-refractivity contribution in [3.63, 3.8) is 0 Å². The normalized spacial score (nSPS) is 11.7. The minimum atomic E-state index is -4.64. The number of carbonyl (C=O) groups is 1. The van der Waals surface area contributed by atoms with Crippen LogP contribution < -0.4 is 5.32 Å². The Labute approximate surface area is 147 Å². The van der Waals surface area contributed by atoms with E-state index < -0.39 is 17.8 Å². The second-order valence-corrected chi connectivity index (χ2v) is 6.11. The van der Waals surface area contributed by atoms with Crippen molar-refractivity contribution in [1.29, 1.82) is 0 Å². The third-order valence-corrected chi connectivity index (χ3v) is 3.78. The molecule has 3 rings (SSSR count). The number of hydrogen-bond donors (Lipinski definition) is 2. The molecule has 2 aromatic heterocycles. The number of nitrogens with one attached hydrogen (secondary N) is 1. The van der Waals surface area contributed by atoms with E-state index in [-0.39, 0.29) is 28.5 Å². The molecule has 1 amide bonds. The van der Waals surface area contributed by atoms with Gasteiger partial charge in [0.1, 0.15) is 11.4 Å². The number of halogens is 4. The molecule has 0 aliphatic carbocycles. The van der Waals surface area contributed by atoms with Crippen LogP contribution in [0.15, 0.2) is 34.8 Å². The van der Waals surface area contributed by atoms with Crippen LogP contribution in [0, 0.1) is 6.92 Å². The van der Waals surface area contributed by atoms with Crippen LogP contribution in [0.5, 0.6) is 5.75 Å². The zero-order valence-corrected chi connectivity index (χ0v) is 14.2. The van der Waals surface area contributed by atoms with Crippen LogP contribution in [0.1, 0.15) is 21.9 Å². The van der Waals surface area contributed by atoms with Gasteiger partial charge in [-0.3, -0.25) is 4.79 Å². The summed E-state index contributed by atoms with van der Waals surface area (Å²) in [6.45, 7) is 1.42. The summed E-state index contributed by atoms with van der Waals surface area (Å²) in [7, 11) is 0. The van der Waals surface area contributed by atoms with Crippen LogP contribution in [-0.2, 0) is 6.18 Å². The van der Waals surface area contributed by atoms with Crippen molar-refractivity contribution in [2.75, 3.05) is 5.32 Å². The van der Waals surface area contributed by atoms with Crippen LogP contribution in [0.25, 0.3) is 5.65 Å². The molecule has 1 aromatic carbocycles. The van der Waals surface area contributed by atoms with Crippen molar-refractivity contribution < 1.29 is 23.1 Å². The van der Waals surface area contributed by atoms with Crippen LogP contribution >= 0.6 is 15.9 Å². The number of alkyl halides is 3. The SMILES string of the molecule is Cc1cc(C(F)(F)F)n2nc(C(=O)Nc3cc(Br)ccc3O)cc2n1. The van der Waals surface area contributed by atoms with Gasteiger partial charge in [-0.15, -0.1) is 0 Å². The maximum Gasteiger partial charge on any atom is 0.433 e. The molecular formula is C15H10BrF3N4O2. The molecule has 2 N–H and O–H groups in total. The Bertz CT molecular complexity index is 985. The number of nitrogens with zero attached hydrogens (tertiary/aromatic N) is 3. The minimum absolute atomic E-state index is 0.0941. The molecule has 3 aromatic rings. The number of carbonyl (C=O) groups excluding carboxylic acids is 1. The number of fused-ring (bicyclic) bond motifs is 1. The molecule has 0 unspecified atom stereocenters. The first-order valence-electron chi connectivity index (χ1n) is 6.89. The Kier molecular flexibility index (Phi) is 4.15. The summed E-state index contributed by atoms with van der Waals surface area (Å²) in [4.78, 5) is 16.2. The first kappa shape index (κ1) is 17.2. The molecular weight excluding hydrogens is 405 g/mol. The molecule has 0 aliphatic heterocycles. The van der Waals surface area contributed by atoms with E-state index in [2.05, 4.69) is 31.3 Å². The van der Waals surface area contributed by atoms with Gasteiger partial charge in [0.25, 0.3) is 5.91 Å². The van der Waals surface area contributed by atoms with Gasteiger partial charge in [0, 0.05) is 16.2 Å². The average molecular weight is 415 g/mol. The number of aromatic nitrogens is 3. The fourth-order valence-corrected chi connectivity index (χ4v) is 2.57. The number of phenolic OH excluding ortho intramolecular Hbond substituents is 1. The van der Waals surface area contributed by atoms with Gasteiger partial charge in [0.15, 0.2) is 11.3 Å². The molecule has 25 heavy (non-hydrogen) atoms. The largest absolute Gasteiger partial charge is 0.506 e. The molecule has 0 atom stereocenters. The fraction of sp³-hybridized carbons (Fsp3) is 0.133. The standard InChI is InChI=1S/C15H10BrF3N4O2/c1-7-4-12(15(17,18)19)23-13(20-7)6-10(22-23)14(25)21-9-5-8(16)2-3-11(9)24/h2-6,24H,1H3,(H,21,25). The van der Waals surface area contributed by atoms with Crippen LogP contribution in [0.3, 0.4) is 0 Å². The number of amides is 1. The lowest BCUT2D eigenvalue weighted by Gasteiger charge is -2.09. The van der Waals surface area contributed by atoms with Gasteiger partial charge in [-0.25, -0.2) is 9.50 Å². The number of phenols is 1. The van der Waals surface area contributed by atoms with E-state index in [0.29, 0.717) is 8.99 Å². The molecule has 0 bridgehead atoms. The lowest BCUT2D eigenvalue weighted by Crippen LogP contribution is -2.15. The van der Waals surface area contributed by atoms with Crippen molar-refractivity contribution in [3.05, 3.63) is 51.9 Å². The van der Waals surface area contributed by atoms with E-state index >= 15 is 0 Å². The summed E-state index contributed by atoms with van der Waals surface area (Å²) in [6.07, 6.45) is -4.64. The summed E-state index contributed by atoms with van der Waals surface area (Å²) in [5.74, 6) is -0.963. The van der Waals surface area contributed by atoms with E-state index in [9.17, 15) is 23.1 Å². The Morgan fingerprint density at radius 2 is 2.00 bits per heavy atom. The first-order valence-corrected chi connectivity index (χ1v) is 7.69. The minimum Gasteiger partial charge on any atom is -0.506 e. The van der Waals surface area contributed by atoms with Gasteiger partial charge < -0.3 is 10.4 Å². The molecule has 2 heterocycles. The van der Waals surface area contributed by atoms with Crippen molar-refractivity contribution in [2.45, 2.75) is 13.1 Å². The molecule has 0 saturated carbocycles. The summed E-state index contributed by atoms with van der Waals surface area (Å²) < 4.78 is 40.6. The van der Waals surface area contributed by atoms with Gasteiger partial charge in [-0.1, -0.05) is 15.9 Å². The number of hydrogen-bond acceptors (Lipinski definition) is 4. The van der Waals surface area contributed by atoms with Crippen LogP contribution in [-0.4, -0.2) is 25.6 Å². The molecule has 0 fully saturated rings. The predicted molar refractivity (Wildman–Crippen MR) is 86.5 cm³/mol. The number of aromatic hydroxyl groups is 1. The molecule has 0 radical (unpaired) electrons. The Morgan fingerprint density at radius 3 is 2.68 bits per heavy atom. The molecule has 6 nitrogen and oxygen atoms in total. The number of anilines is 1. The lowest BCUT2D eigenvalue weighted by molar-refractivity contribution is -0.142. The van der Waals surface area contributed by atoms with E-state index in [0.717, 1.165) is 12.1 Å². The summed E-state index contributed by atoms with van der Waals surface area (Å²) in [5.41, 5.74) is -1.15. The highest BCUT2D eigenvalue weighted by atomic mass is 79.9. The zero-order chi connectivity index (χ0) is 18.4. The van der Waals surface area contributed by atoms with Gasteiger partial charge in [0.2, 0.25) is 0 Å². The second-order valence-electron chi connectivity index (χ2n) is 5.20. The van der Waals surface area contributed by atoms with Crippen molar-refractivity contribution in [1.82, 2.24) is 14.6 Å². The zero-order valence-electron chi connectivity index (χ0n) is 12.6. The van der Waals surface area contributed by atoms with E-state index in [1.807, 2.05) is 0 Å². The van der Waals surface area contributed by atoms with Crippen molar-refractivity contribution in [2.24, 2.45) is 0 Å². The monoisotopic (exact) mass is 414 g/mol. The average Bonchev–Trinajstić information content (AvgIpc) is 2.92. The Morgan fingerprint density at radius 1 is 1.28 bits per heavy atom. The number of aryl methyl sites for hydroxylation is 1. The van der Waals surface area contributed by atoms with E-state index in [4.69, 9.17) is 0 Å². The Balaban J connectivity index is 2.02. The maximum absolute atomic E-state index is 13.1. The maximum atomic E-state index is 13.1. The summed E-state index contributed by atoms with van der Waals surface area (Å²) >= 11 is 3.19. The van der Waals surface area contributed by atoms with Gasteiger partial charge in [-0.05, 0) is 31.2 Å². The predicted octanol–water partition coefficient (Wildman–Crippen LogP) is 3.78. The van der Waals surface area contributed by atoms with E-state index in [1.165, 1.54) is 19.1 Å². The van der Waals surface area contributed by atoms with E-state index in [1.54, 1.807) is 6.07 Å². The highest BCUT2D eigenvalue weighted by Crippen LogP contribution is 2.30. The molecule has 0 saturated heterocycles. The third kappa shape index (κ3) is 3.43. The molecule has 130 valence electrons. The summed E-state index contributed by atoms with van der Waals surface area (Å²) in [6, 6.07) is 6.37. The van der Waals surface area contributed by atoms with Crippen LogP contribution in [0.4, 0.5) is 18.9 Å². The smallest absolute Gasteiger partial charge is 0.433 e. The lowest BCUT2D eigenvalue weighted by atomic mass is 10.3. The third-order valence-electron chi connectivity index (χ3n) is 3.29. The Hall–Kier alpha value is -2.62. The van der Waals surface area contributed by atoms with Gasteiger partial charge >= 0.3 is 6.18 Å². The molecule has 10 heteroatoms. The fourth-order valence-electron chi connectivity index (χ4n) is 2.21. The summed E-state index contributed by atoms with van der Waals surface area (Å²) in [5, 5.41) is 15.8. The highest BCUT2D eigenvalue weighted by molar-refractivity contribution is 9.10. The number of rotatable bonds is 2. The first-order chi connectivity index (χ1) is 11.6. The van der Waals surface area contributed by atoms with Crippen molar-refractivity contribution >= 4 is 33.2 Å². The van der Waals surface area contributed by atoms with Crippen molar-refractivity contribution in [3.8, 4) is 5.75 Å². The molecule has 0 aliphatic rings. The van der Waals surface area contributed by atoms with Gasteiger partial charge in [-0.2, -0.15) is 18.3 Å². The molecule has 0 spiro atoms. The highest BCUT2D eigenvalue weighted by Gasteiger charge is 2.35. The topological polar surface area (TPSA) is 79.5 Å². The quantitative estimate of drug-likeness (QED) is 0.625. The van der Waals surface area contributed by atoms with Gasteiger partial charge in [0.05, 0.1) is 5.69 Å². The number of benzene rings is 1. The second kappa shape index (κ2) is 6.03.